The second-order valence-corrected chi connectivity index (χ2v) is 12.6. The van der Waals surface area contributed by atoms with Gasteiger partial charge in [0.25, 0.3) is 0 Å². The standard InChI is InChI=1S/C28H38N4O3S/c1-6-7-18-36(33,34)32-16-14-31(15-17-32)27-24-13-12-21(2)19-25(24)29-26(30-27)23-11-9-8-10-22(23)20-35-28(3,4)5/h8-13,19H,6-7,14-18,20H2,1-5H3. The Bertz CT molecular complexity index is 1310. The van der Waals surface area contributed by atoms with Gasteiger partial charge in [-0.25, -0.2) is 18.4 Å². The van der Waals surface area contributed by atoms with Gasteiger partial charge in [0.1, 0.15) is 5.82 Å². The smallest absolute Gasteiger partial charge is 0.214 e. The first-order valence-electron chi connectivity index (χ1n) is 12.8. The normalized spacial score (nSPS) is 15.5. The van der Waals surface area contributed by atoms with Crippen molar-refractivity contribution in [3.05, 3.63) is 53.6 Å². The fourth-order valence-corrected chi connectivity index (χ4v) is 6.01. The van der Waals surface area contributed by atoms with E-state index in [0.29, 0.717) is 45.0 Å². The summed E-state index contributed by atoms with van der Waals surface area (Å²) in [5.74, 6) is 1.73. The van der Waals surface area contributed by atoms with Crippen molar-refractivity contribution in [2.24, 2.45) is 0 Å². The summed E-state index contributed by atoms with van der Waals surface area (Å²) in [5.41, 5.74) is 3.76. The fraction of sp³-hybridized carbons (Fsp3) is 0.500. The van der Waals surface area contributed by atoms with Crippen LogP contribution in [0.2, 0.25) is 0 Å². The van der Waals surface area contributed by atoms with E-state index in [1.165, 1.54) is 0 Å². The number of sulfonamides is 1. The Morgan fingerprint density at radius 1 is 1.00 bits per heavy atom. The van der Waals surface area contributed by atoms with Crippen molar-refractivity contribution in [3.8, 4) is 11.4 Å². The lowest BCUT2D eigenvalue weighted by molar-refractivity contribution is -0.0147. The van der Waals surface area contributed by atoms with E-state index in [0.717, 1.165) is 39.8 Å². The number of hydrogen-bond acceptors (Lipinski definition) is 6. The molecule has 0 aliphatic carbocycles. The number of piperazine rings is 1. The SMILES string of the molecule is CCCCS(=O)(=O)N1CCN(c2nc(-c3ccccc3COC(C)(C)C)nc3cc(C)ccc23)CC1. The summed E-state index contributed by atoms with van der Waals surface area (Å²) in [7, 11) is -3.21. The minimum Gasteiger partial charge on any atom is -0.371 e. The molecule has 0 atom stereocenters. The number of rotatable bonds is 8. The lowest BCUT2D eigenvalue weighted by Gasteiger charge is -2.35. The Morgan fingerprint density at radius 2 is 1.72 bits per heavy atom. The van der Waals surface area contributed by atoms with Gasteiger partial charge >= 0.3 is 0 Å². The van der Waals surface area contributed by atoms with Gasteiger partial charge in [0.15, 0.2) is 5.82 Å². The van der Waals surface area contributed by atoms with E-state index in [9.17, 15) is 8.42 Å². The summed E-state index contributed by atoms with van der Waals surface area (Å²) in [4.78, 5) is 12.2. The molecule has 0 unspecified atom stereocenters. The summed E-state index contributed by atoms with van der Waals surface area (Å²) in [6.07, 6.45) is 1.57. The third-order valence-electron chi connectivity index (χ3n) is 6.44. The van der Waals surface area contributed by atoms with Crippen molar-refractivity contribution in [1.82, 2.24) is 14.3 Å². The Balaban J connectivity index is 1.69. The lowest BCUT2D eigenvalue weighted by Crippen LogP contribution is -2.49. The maximum absolute atomic E-state index is 12.7. The highest BCUT2D eigenvalue weighted by Crippen LogP contribution is 2.31. The predicted octanol–water partition coefficient (Wildman–Crippen LogP) is 5.17. The van der Waals surface area contributed by atoms with Crippen molar-refractivity contribution >= 4 is 26.7 Å². The number of benzene rings is 2. The van der Waals surface area contributed by atoms with Crippen LogP contribution in [-0.2, 0) is 21.4 Å². The first-order chi connectivity index (χ1) is 17.1. The van der Waals surface area contributed by atoms with E-state index in [-0.39, 0.29) is 11.4 Å². The van der Waals surface area contributed by atoms with Crippen molar-refractivity contribution in [2.75, 3.05) is 36.8 Å². The molecule has 2 heterocycles. The van der Waals surface area contributed by atoms with Crippen LogP contribution >= 0.6 is 0 Å². The molecular formula is C28H38N4O3S. The molecule has 0 bridgehead atoms. The lowest BCUT2D eigenvalue weighted by atomic mass is 10.1. The Labute approximate surface area is 215 Å². The highest BCUT2D eigenvalue weighted by molar-refractivity contribution is 7.89. The zero-order chi connectivity index (χ0) is 25.9. The summed E-state index contributed by atoms with van der Waals surface area (Å²) in [6.45, 7) is 12.8. The average Bonchev–Trinajstić information content (AvgIpc) is 2.85. The topological polar surface area (TPSA) is 75.6 Å². The molecule has 0 radical (unpaired) electrons. The molecule has 2 aromatic carbocycles. The molecule has 0 spiro atoms. The number of aryl methyl sites for hydroxylation is 1. The maximum atomic E-state index is 12.7. The molecule has 0 N–H and O–H groups in total. The van der Waals surface area contributed by atoms with Gasteiger partial charge in [-0.1, -0.05) is 43.7 Å². The molecule has 194 valence electrons. The zero-order valence-electron chi connectivity index (χ0n) is 22.1. The predicted molar refractivity (Wildman–Crippen MR) is 147 cm³/mol. The van der Waals surface area contributed by atoms with Crippen molar-refractivity contribution in [3.63, 3.8) is 0 Å². The molecule has 4 rings (SSSR count). The summed E-state index contributed by atoms with van der Waals surface area (Å²) < 4.78 is 33.1. The van der Waals surface area contributed by atoms with Crippen LogP contribution in [0.4, 0.5) is 5.82 Å². The molecule has 1 aromatic heterocycles. The Hall–Kier alpha value is -2.55. The van der Waals surface area contributed by atoms with Crippen LogP contribution in [0, 0.1) is 6.92 Å². The van der Waals surface area contributed by atoms with Crippen LogP contribution in [0.25, 0.3) is 22.3 Å². The molecule has 1 aliphatic heterocycles. The number of ether oxygens (including phenoxy) is 1. The van der Waals surface area contributed by atoms with Gasteiger partial charge in [-0.2, -0.15) is 4.31 Å². The van der Waals surface area contributed by atoms with Crippen LogP contribution in [0.3, 0.4) is 0 Å². The van der Waals surface area contributed by atoms with Gasteiger partial charge < -0.3 is 9.64 Å². The van der Waals surface area contributed by atoms with Gasteiger partial charge in [-0.05, 0) is 57.4 Å². The molecule has 1 aliphatic rings. The van der Waals surface area contributed by atoms with E-state index in [4.69, 9.17) is 14.7 Å². The number of unbranched alkanes of at least 4 members (excludes halogenated alkanes) is 1. The van der Waals surface area contributed by atoms with Crippen LogP contribution in [-0.4, -0.2) is 60.2 Å². The minimum atomic E-state index is -3.21. The van der Waals surface area contributed by atoms with Crippen LogP contribution < -0.4 is 4.90 Å². The molecular weight excluding hydrogens is 472 g/mol. The minimum absolute atomic E-state index is 0.219. The highest BCUT2D eigenvalue weighted by Gasteiger charge is 2.28. The molecule has 7 nitrogen and oxygen atoms in total. The largest absolute Gasteiger partial charge is 0.371 e. The molecule has 8 heteroatoms. The van der Waals surface area contributed by atoms with Gasteiger partial charge in [0.2, 0.25) is 10.0 Å². The highest BCUT2D eigenvalue weighted by atomic mass is 32.2. The summed E-state index contributed by atoms with van der Waals surface area (Å²) >= 11 is 0. The monoisotopic (exact) mass is 510 g/mol. The zero-order valence-corrected chi connectivity index (χ0v) is 22.9. The summed E-state index contributed by atoms with van der Waals surface area (Å²) in [5, 5.41) is 0.982. The average molecular weight is 511 g/mol. The molecule has 1 fully saturated rings. The Kier molecular flexibility index (Phi) is 7.97. The van der Waals surface area contributed by atoms with Crippen molar-refractivity contribution in [2.45, 2.75) is 59.7 Å². The third-order valence-corrected chi connectivity index (χ3v) is 8.40. The van der Waals surface area contributed by atoms with Crippen LogP contribution in [0.5, 0.6) is 0 Å². The van der Waals surface area contributed by atoms with Crippen molar-refractivity contribution in [1.29, 1.82) is 0 Å². The van der Waals surface area contributed by atoms with E-state index in [2.05, 4.69) is 36.1 Å². The molecule has 36 heavy (non-hydrogen) atoms. The second kappa shape index (κ2) is 10.8. The number of fused-ring (bicyclic) bond motifs is 1. The number of anilines is 1. The molecule has 0 saturated carbocycles. The van der Waals surface area contributed by atoms with E-state index >= 15 is 0 Å². The third kappa shape index (κ3) is 6.22. The summed E-state index contributed by atoms with van der Waals surface area (Å²) in [6, 6.07) is 14.3. The van der Waals surface area contributed by atoms with E-state index in [1.807, 2.05) is 45.9 Å². The fourth-order valence-electron chi connectivity index (χ4n) is 4.38. The number of hydrogen-bond donors (Lipinski definition) is 0. The first-order valence-corrected chi connectivity index (χ1v) is 14.4. The first kappa shape index (κ1) is 26.5. The maximum Gasteiger partial charge on any atom is 0.214 e. The second-order valence-electron chi connectivity index (χ2n) is 10.5. The molecule has 3 aromatic rings. The van der Waals surface area contributed by atoms with Crippen LogP contribution in [0.15, 0.2) is 42.5 Å². The number of nitrogens with zero attached hydrogens (tertiary/aromatic N) is 4. The van der Waals surface area contributed by atoms with Crippen molar-refractivity contribution < 1.29 is 13.2 Å². The number of aromatic nitrogens is 2. The van der Waals surface area contributed by atoms with E-state index in [1.54, 1.807) is 4.31 Å². The molecule has 0 amide bonds. The Morgan fingerprint density at radius 3 is 2.42 bits per heavy atom. The van der Waals surface area contributed by atoms with Gasteiger partial charge in [-0.3, -0.25) is 0 Å². The quantitative estimate of drug-likeness (QED) is 0.416. The van der Waals surface area contributed by atoms with E-state index < -0.39 is 10.0 Å². The molecule has 1 saturated heterocycles. The van der Waals surface area contributed by atoms with Gasteiger partial charge in [-0.15, -0.1) is 0 Å². The van der Waals surface area contributed by atoms with Crippen LogP contribution in [0.1, 0.15) is 51.7 Å². The van der Waals surface area contributed by atoms with Gasteiger partial charge in [0.05, 0.1) is 23.5 Å². The van der Waals surface area contributed by atoms with Gasteiger partial charge in [0, 0.05) is 37.1 Å².